The van der Waals surface area contributed by atoms with Gasteiger partial charge in [0.2, 0.25) is 0 Å². The van der Waals surface area contributed by atoms with E-state index in [2.05, 4.69) is 10.9 Å². The summed E-state index contributed by atoms with van der Waals surface area (Å²) in [7, 11) is -4.02. The molecule has 4 aromatic carbocycles. The van der Waals surface area contributed by atoms with Gasteiger partial charge in [-0.3, -0.25) is 4.55 Å². The van der Waals surface area contributed by atoms with E-state index in [4.69, 9.17) is 9.29 Å². The summed E-state index contributed by atoms with van der Waals surface area (Å²) in [5.74, 6) is 0.931. The van der Waals surface area contributed by atoms with Crippen molar-refractivity contribution >= 4 is 21.5 Å². The third kappa shape index (κ3) is 12.1. The van der Waals surface area contributed by atoms with Gasteiger partial charge < -0.3 is 15.6 Å². The Balaban J connectivity index is 0.000000193. The van der Waals surface area contributed by atoms with Gasteiger partial charge in [-0.2, -0.15) is 8.42 Å². The second-order valence-corrected chi connectivity index (χ2v) is 10.2. The summed E-state index contributed by atoms with van der Waals surface area (Å²) < 4.78 is 35.2. The molecule has 0 saturated heterocycles. The maximum atomic E-state index is 10.5. The van der Waals surface area contributed by atoms with Crippen LogP contribution >= 0.6 is 0 Å². The summed E-state index contributed by atoms with van der Waals surface area (Å²) >= 11 is 0. The first kappa shape index (κ1) is 28.4. The number of hydrazine groups is 1. The second-order valence-electron chi connectivity index (χ2n) is 8.80. The Morgan fingerprint density at radius 3 is 1.39 bits per heavy atom. The minimum atomic E-state index is -4.02. The van der Waals surface area contributed by atoms with Crippen molar-refractivity contribution in [1.29, 1.82) is 0 Å². The van der Waals surface area contributed by atoms with Crippen molar-refractivity contribution in [1.82, 2.24) is 0 Å². The molecule has 0 aromatic heterocycles. The maximum Gasteiger partial charge on any atom is 0.294 e. The van der Waals surface area contributed by atoms with Crippen molar-refractivity contribution in [2.75, 3.05) is 10.9 Å². The van der Waals surface area contributed by atoms with Crippen molar-refractivity contribution in [3.8, 4) is 5.75 Å². The van der Waals surface area contributed by atoms with Crippen LogP contribution in [-0.4, -0.2) is 18.6 Å². The highest BCUT2D eigenvalue weighted by molar-refractivity contribution is 7.85. The summed E-state index contributed by atoms with van der Waals surface area (Å²) in [6.07, 6.45) is 0. The SMILES string of the molecule is CC(C)(C)Oc1ccccc1.Cc1ccc(S(=O)(=O)O)cc1.c1ccc(NNc2ccccc2)cc1. The summed E-state index contributed by atoms with van der Waals surface area (Å²) in [6, 6.07) is 35.9. The maximum absolute atomic E-state index is 10.5. The molecule has 4 rings (SSSR count). The lowest BCUT2D eigenvalue weighted by molar-refractivity contribution is 0.131. The lowest BCUT2D eigenvalue weighted by Gasteiger charge is -2.20. The number of benzene rings is 4. The third-order valence-electron chi connectivity index (χ3n) is 4.38. The van der Waals surface area contributed by atoms with E-state index in [9.17, 15) is 8.42 Å². The number of nitrogens with one attached hydrogen (secondary N) is 2. The van der Waals surface area contributed by atoms with Gasteiger partial charge in [0.1, 0.15) is 11.4 Å². The average molecular weight is 507 g/mol. The number of hydrogen-bond acceptors (Lipinski definition) is 5. The number of rotatable bonds is 5. The van der Waals surface area contributed by atoms with Crippen molar-refractivity contribution in [3.63, 3.8) is 0 Å². The van der Waals surface area contributed by atoms with Gasteiger partial charge in [0.25, 0.3) is 10.1 Å². The van der Waals surface area contributed by atoms with E-state index in [1.54, 1.807) is 12.1 Å². The zero-order chi connectivity index (χ0) is 26.4. The molecule has 0 amide bonds. The van der Waals surface area contributed by atoms with Crippen molar-refractivity contribution in [2.45, 2.75) is 38.2 Å². The van der Waals surface area contributed by atoms with E-state index in [0.717, 1.165) is 22.7 Å². The van der Waals surface area contributed by atoms with E-state index < -0.39 is 10.1 Å². The molecular formula is C29H34N2O4S. The van der Waals surface area contributed by atoms with E-state index in [1.165, 1.54) is 12.1 Å². The molecule has 6 nitrogen and oxygen atoms in total. The van der Waals surface area contributed by atoms with E-state index >= 15 is 0 Å². The Bertz CT molecular complexity index is 1200. The fourth-order valence-corrected chi connectivity index (χ4v) is 3.22. The molecule has 7 heteroatoms. The van der Waals surface area contributed by atoms with E-state index in [1.807, 2.05) is 119 Å². The summed E-state index contributed by atoms with van der Waals surface area (Å²) in [5, 5.41) is 0. The monoisotopic (exact) mass is 506 g/mol. The van der Waals surface area contributed by atoms with Crippen LogP contribution in [0.1, 0.15) is 26.3 Å². The molecule has 36 heavy (non-hydrogen) atoms. The van der Waals surface area contributed by atoms with Crippen LogP contribution in [0, 0.1) is 6.92 Å². The number of hydrogen-bond donors (Lipinski definition) is 3. The molecule has 3 N–H and O–H groups in total. The molecule has 4 aromatic rings. The van der Waals surface area contributed by atoms with Crippen LogP contribution in [0.4, 0.5) is 11.4 Å². The molecule has 0 aliphatic rings. The van der Waals surface area contributed by atoms with Crippen molar-refractivity contribution in [2.24, 2.45) is 0 Å². The lowest BCUT2D eigenvalue weighted by Crippen LogP contribution is -2.22. The first-order valence-electron chi connectivity index (χ1n) is 11.4. The Morgan fingerprint density at radius 1 is 0.639 bits per heavy atom. The normalized spacial score (nSPS) is 10.6. The van der Waals surface area contributed by atoms with Gasteiger partial charge in [0.15, 0.2) is 0 Å². The smallest absolute Gasteiger partial charge is 0.294 e. The second kappa shape index (κ2) is 13.9. The Labute approximate surface area is 214 Å². The molecule has 0 bridgehead atoms. The molecule has 0 fully saturated rings. The van der Waals surface area contributed by atoms with Crippen LogP contribution in [0.2, 0.25) is 0 Å². The third-order valence-corrected chi connectivity index (χ3v) is 5.25. The number of anilines is 2. The predicted molar refractivity (Wildman–Crippen MR) is 148 cm³/mol. The molecule has 0 unspecified atom stereocenters. The molecule has 0 atom stereocenters. The molecule has 0 spiro atoms. The molecule has 0 saturated carbocycles. The first-order valence-corrected chi connectivity index (χ1v) is 12.9. The van der Waals surface area contributed by atoms with Crippen LogP contribution in [0.3, 0.4) is 0 Å². The minimum Gasteiger partial charge on any atom is -0.488 e. The molecule has 0 aliphatic heterocycles. The Kier molecular flexibility index (Phi) is 11.0. The Morgan fingerprint density at radius 2 is 1.03 bits per heavy atom. The highest BCUT2D eigenvalue weighted by Gasteiger charge is 2.10. The summed E-state index contributed by atoms with van der Waals surface area (Å²) in [4.78, 5) is -0.0666. The van der Waals surface area contributed by atoms with Crippen LogP contribution < -0.4 is 15.6 Å². The molecule has 0 aliphatic carbocycles. The topological polar surface area (TPSA) is 87.7 Å². The summed E-state index contributed by atoms with van der Waals surface area (Å²) in [6.45, 7) is 7.97. The van der Waals surface area contributed by atoms with Crippen LogP contribution in [0.5, 0.6) is 5.75 Å². The fourth-order valence-electron chi connectivity index (χ4n) is 2.74. The highest BCUT2D eigenvalue weighted by atomic mass is 32.2. The largest absolute Gasteiger partial charge is 0.488 e. The number of ether oxygens (including phenoxy) is 1. The quantitative estimate of drug-likeness (QED) is 0.195. The zero-order valence-corrected chi connectivity index (χ0v) is 21.9. The summed E-state index contributed by atoms with van der Waals surface area (Å²) in [5.41, 5.74) is 9.19. The van der Waals surface area contributed by atoms with Gasteiger partial charge in [0, 0.05) is 0 Å². The van der Waals surface area contributed by atoms with Crippen LogP contribution in [0.15, 0.2) is 120 Å². The molecule has 0 radical (unpaired) electrons. The van der Waals surface area contributed by atoms with Gasteiger partial charge >= 0.3 is 0 Å². The van der Waals surface area contributed by atoms with Gasteiger partial charge in [-0.1, -0.05) is 72.3 Å². The molecular weight excluding hydrogens is 472 g/mol. The van der Waals surface area contributed by atoms with Crippen molar-refractivity contribution < 1.29 is 17.7 Å². The van der Waals surface area contributed by atoms with E-state index in [-0.39, 0.29) is 10.5 Å². The van der Waals surface area contributed by atoms with Crippen LogP contribution in [0.25, 0.3) is 0 Å². The van der Waals surface area contributed by atoms with Gasteiger partial charge in [-0.05, 0) is 76.2 Å². The number of para-hydroxylation sites is 3. The van der Waals surface area contributed by atoms with E-state index in [0.29, 0.717) is 0 Å². The predicted octanol–water partition coefficient (Wildman–Crippen LogP) is 7.23. The fraction of sp³-hybridized carbons (Fsp3) is 0.172. The average Bonchev–Trinajstić information content (AvgIpc) is 2.84. The Hall–Kier alpha value is -3.81. The minimum absolute atomic E-state index is 0.0666. The highest BCUT2D eigenvalue weighted by Crippen LogP contribution is 2.16. The lowest BCUT2D eigenvalue weighted by atomic mass is 10.2. The van der Waals surface area contributed by atoms with Gasteiger partial charge in [-0.25, -0.2) is 0 Å². The zero-order valence-electron chi connectivity index (χ0n) is 21.0. The van der Waals surface area contributed by atoms with Crippen LogP contribution in [-0.2, 0) is 10.1 Å². The van der Waals surface area contributed by atoms with Gasteiger partial charge in [-0.15, -0.1) is 0 Å². The first-order chi connectivity index (χ1) is 17.0. The molecule has 0 heterocycles. The van der Waals surface area contributed by atoms with Gasteiger partial charge in [0.05, 0.1) is 16.3 Å². The van der Waals surface area contributed by atoms with Crippen molar-refractivity contribution in [3.05, 3.63) is 121 Å². The standard InChI is InChI=1S/C12H12N2.C10H14O.C7H8O3S/c1-3-7-11(8-4-1)13-14-12-9-5-2-6-10-12;1-10(2,3)11-9-7-5-4-6-8-9;1-6-2-4-7(5-3-6)11(8,9)10/h1-10,13-14H;4-8H,1-3H3;2-5H,1H3,(H,8,9,10). The molecule has 190 valence electrons. The number of aryl methyl sites for hydroxylation is 1.